The van der Waals surface area contributed by atoms with Gasteiger partial charge < -0.3 is 11.1 Å². The lowest BCUT2D eigenvalue weighted by Gasteiger charge is -2.22. The molecule has 1 unspecified atom stereocenters. The van der Waals surface area contributed by atoms with Crippen molar-refractivity contribution in [3.05, 3.63) is 17.3 Å². The van der Waals surface area contributed by atoms with E-state index >= 15 is 0 Å². The predicted molar refractivity (Wildman–Crippen MR) is 66.2 cm³/mol. The highest BCUT2D eigenvalue weighted by Crippen LogP contribution is 2.21. The molecule has 0 aromatic carbocycles. The maximum atomic E-state index is 5.82. The van der Waals surface area contributed by atoms with Crippen molar-refractivity contribution in [1.29, 1.82) is 0 Å². The van der Waals surface area contributed by atoms with Crippen LogP contribution < -0.4 is 11.1 Å². The van der Waals surface area contributed by atoms with Crippen molar-refractivity contribution in [1.82, 2.24) is 4.98 Å². The maximum absolute atomic E-state index is 5.82. The van der Waals surface area contributed by atoms with Crippen molar-refractivity contribution in [2.24, 2.45) is 5.92 Å². The van der Waals surface area contributed by atoms with Crippen LogP contribution in [0.1, 0.15) is 27.2 Å². The van der Waals surface area contributed by atoms with Crippen LogP contribution in [0.3, 0.4) is 0 Å². The van der Waals surface area contributed by atoms with Gasteiger partial charge in [-0.1, -0.05) is 32.4 Å². The van der Waals surface area contributed by atoms with Gasteiger partial charge in [0, 0.05) is 6.04 Å². The molecule has 1 rings (SSSR count). The van der Waals surface area contributed by atoms with Crippen LogP contribution in [0.5, 0.6) is 0 Å². The monoisotopic (exact) mass is 227 g/mol. The van der Waals surface area contributed by atoms with Gasteiger partial charge in [-0.05, 0) is 24.5 Å². The summed E-state index contributed by atoms with van der Waals surface area (Å²) in [5, 5.41) is 3.78. The number of hydrogen-bond donors (Lipinski definition) is 2. The van der Waals surface area contributed by atoms with E-state index in [1.807, 2.05) is 0 Å². The van der Waals surface area contributed by atoms with Crippen molar-refractivity contribution in [3.63, 3.8) is 0 Å². The lowest BCUT2D eigenvalue weighted by atomic mass is 10.0. The minimum atomic E-state index is 0.373. The lowest BCUT2D eigenvalue weighted by Crippen LogP contribution is -2.25. The Morgan fingerprint density at radius 3 is 2.67 bits per heavy atom. The maximum Gasteiger partial charge on any atom is 0.151 e. The lowest BCUT2D eigenvalue weighted by molar-refractivity contribution is 0.510. The molecule has 0 fully saturated rings. The first-order valence-electron chi connectivity index (χ1n) is 5.23. The Hall–Kier alpha value is -0.960. The molecule has 0 aliphatic carbocycles. The standard InChI is InChI=1S/C11H18ClN3/c1-4-9(7(2)3)14-11-8(13)5-6-10(12)15-11/h5-7,9H,4,13H2,1-3H3,(H,14,15). The van der Waals surface area contributed by atoms with E-state index in [1.165, 1.54) is 0 Å². The van der Waals surface area contributed by atoms with E-state index in [9.17, 15) is 0 Å². The fourth-order valence-electron chi connectivity index (χ4n) is 1.48. The molecule has 1 atom stereocenters. The molecule has 0 amide bonds. The summed E-state index contributed by atoms with van der Waals surface area (Å²) in [5.74, 6) is 1.22. The summed E-state index contributed by atoms with van der Waals surface area (Å²) in [6, 6.07) is 3.83. The average Bonchev–Trinajstić information content (AvgIpc) is 2.18. The third-order valence-corrected chi connectivity index (χ3v) is 2.67. The van der Waals surface area contributed by atoms with Crippen molar-refractivity contribution in [2.75, 3.05) is 11.1 Å². The van der Waals surface area contributed by atoms with Gasteiger partial charge in [0.05, 0.1) is 5.69 Å². The molecule has 0 radical (unpaired) electrons. The first kappa shape index (κ1) is 12.1. The van der Waals surface area contributed by atoms with E-state index < -0.39 is 0 Å². The largest absolute Gasteiger partial charge is 0.396 e. The Bertz CT molecular complexity index is 326. The molecule has 3 nitrogen and oxygen atoms in total. The molecule has 0 saturated heterocycles. The molecule has 0 saturated carbocycles. The number of nitrogen functional groups attached to an aromatic ring is 1. The molecule has 1 aromatic rings. The van der Waals surface area contributed by atoms with Gasteiger partial charge in [-0.2, -0.15) is 0 Å². The molecular formula is C11H18ClN3. The fraction of sp³-hybridized carbons (Fsp3) is 0.545. The average molecular weight is 228 g/mol. The highest BCUT2D eigenvalue weighted by molar-refractivity contribution is 6.29. The number of anilines is 2. The molecule has 0 bridgehead atoms. The molecule has 1 heterocycles. The number of rotatable bonds is 4. The van der Waals surface area contributed by atoms with E-state index in [-0.39, 0.29) is 0 Å². The minimum absolute atomic E-state index is 0.373. The van der Waals surface area contributed by atoms with Gasteiger partial charge in [0.15, 0.2) is 5.82 Å². The van der Waals surface area contributed by atoms with Crippen LogP contribution in [-0.4, -0.2) is 11.0 Å². The second-order valence-corrected chi connectivity index (χ2v) is 4.36. The van der Waals surface area contributed by atoms with E-state index in [2.05, 4.69) is 31.1 Å². The zero-order valence-corrected chi connectivity index (χ0v) is 10.2. The molecule has 3 N–H and O–H groups in total. The summed E-state index contributed by atoms with van der Waals surface area (Å²) < 4.78 is 0. The smallest absolute Gasteiger partial charge is 0.151 e. The Labute approximate surface area is 96.0 Å². The number of nitrogens with one attached hydrogen (secondary N) is 1. The van der Waals surface area contributed by atoms with Gasteiger partial charge >= 0.3 is 0 Å². The van der Waals surface area contributed by atoms with Gasteiger partial charge in [0.1, 0.15) is 5.15 Å². The third kappa shape index (κ3) is 3.27. The van der Waals surface area contributed by atoms with Crippen molar-refractivity contribution in [2.45, 2.75) is 33.2 Å². The topological polar surface area (TPSA) is 50.9 Å². The number of aromatic nitrogens is 1. The molecule has 15 heavy (non-hydrogen) atoms. The highest BCUT2D eigenvalue weighted by atomic mass is 35.5. The zero-order valence-electron chi connectivity index (χ0n) is 9.42. The molecule has 1 aromatic heterocycles. The quantitative estimate of drug-likeness (QED) is 0.777. The molecule has 0 spiro atoms. The summed E-state index contributed by atoms with van der Waals surface area (Å²) in [4.78, 5) is 4.17. The summed E-state index contributed by atoms with van der Waals surface area (Å²) >= 11 is 5.82. The fourth-order valence-corrected chi connectivity index (χ4v) is 1.62. The Morgan fingerprint density at radius 2 is 2.13 bits per heavy atom. The first-order valence-corrected chi connectivity index (χ1v) is 5.61. The minimum Gasteiger partial charge on any atom is -0.396 e. The second kappa shape index (κ2) is 5.21. The SMILES string of the molecule is CCC(Nc1nc(Cl)ccc1N)C(C)C. The van der Waals surface area contributed by atoms with Crippen molar-refractivity contribution >= 4 is 23.1 Å². The van der Waals surface area contributed by atoms with Crippen LogP contribution in [0, 0.1) is 5.92 Å². The van der Waals surface area contributed by atoms with Crippen LogP contribution in [0.15, 0.2) is 12.1 Å². The number of halogens is 1. The van der Waals surface area contributed by atoms with Crippen molar-refractivity contribution < 1.29 is 0 Å². The number of nitrogens with zero attached hydrogens (tertiary/aromatic N) is 1. The van der Waals surface area contributed by atoms with E-state index in [1.54, 1.807) is 12.1 Å². The third-order valence-electron chi connectivity index (χ3n) is 2.46. The number of nitrogens with two attached hydrogens (primary N) is 1. The van der Waals surface area contributed by atoms with Crippen molar-refractivity contribution in [3.8, 4) is 0 Å². The van der Waals surface area contributed by atoms with Crippen LogP contribution in [0.4, 0.5) is 11.5 Å². The molecule has 0 aliphatic rings. The Morgan fingerprint density at radius 1 is 1.47 bits per heavy atom. The molecule has 4 heteroatoms. The molecule has 84 valence electrons. The summed E-state index contributed by atoms with van der Waals surface area (Å²) in [5.41, 5.74) is 6.45. The Kier molecular flexibility index (Phi) is 4.21. The van der Waals surface area contributed by atoms with Crippen LogP contribution in [0.25, 0.3) is 0 Å². The van der Waals surface area contributed by atoms with Gasteiger partial charge in [-0.3, -0.25) is 0 Å². The van der Waals surface area contributed by atoms with Crippen LogP contribution >= 0.6 is 11.6 Å². The van der Waals surface area contributed by atoms with E-state index in [4.69, 9.17) is 17.3 Å². The molecule has 0 aliphatic heterocycles. The van der Waals surface area contributed by atoms with Gasteiger partial charge in [0.25, 0.3) is 0 Å². The first-order chi connectivity index (χ1) is 7.04. The Balaban J connectivity index is 2.82. The second-order valence-electron chi connectivity index (χ2n) is 3.97. The predicted octanol–water partition coefficient (Wildman–Crippen LogP) is 3.16. The number of pyridine rings is 1. The van der Waals surface area contributed by atoms with Gasteiger partial charge in [-0.25, -0.2) is 4.98 Å². The van der Waals surface area contributed by atoms with Crippen LogP contribution in [-0.2, 0) is 0 Å². The number of hydrogen-bond acceptors (Lipinski definition) is 3. The van der Waals surface area contributed by atoms with E-state index in [0.717, 1.165) is 6.42 Å². The summed E-state index contributed by atoms with van der Waals surface area (Å²) in [6.07, 6.45) is 1.03. The normalized spacial score (nSPS) is 12.9. The zero-order chi connectivity index (χ0) is 11.4. The highest BCUT2D eigenvalue weighted by Gasteiger charge is 2.12. The summed E-state index contributed by atoms with van der Waals surface area (Å²) in [7, 11) is 0. The summed E-state index contributed by atoms with van der Waals surface area (Å²) in [6.45, 7) is 6.47. The van der Waals surface area contributed by atoms with Gasteiger partial charge in [-0.15, -0.1) is 0 Å². The van der Waals surface area contributed by atoms with E-state index in [0.29, 0.717) is 28.6 Å². The van der Waals surface area contributed by atoms with Gasteiger partial charge in [0.2, 0.25) is 0 Å². The molecular weight excluding hydrogens is 210 g/mol. The van der Waals surface area contributed by atoms with Crippen LogP contribution in [0.2, 0.25) is 5.15 Å².